The maximum Gasteiger partial charge on any atom is 0.416 e. The van der Waals surface area contributed by atoms with Gasteiger partial charge in [0.25, 0.3) is 10.0 Å². The van der Waals surface area contributed by atoms with Crippen molar-refractivity contribution in [1.82, 2.24) is 9.97 Å². The van der Waals surface area contributed by atoms with E-state index in [9.17, 15) is 26.0 Å². The van der Waals surface area contributed by atoms with E-state index in [1.165, 1.54) is 18.2 Å². The second-order valence-corrected chi connectivity index (χ2v) is 8.42. The van der Waals surface area contributed by atoms with Crippen molar-refractivity contribution in [2.75, 3.05) is 10.7 Å². The van der Waals surface area contributed by atoms with Crippen LogP contribution in [-0.4, -0.2) is 24.4 Å². The molecule has 0 bridgehead atoms. The van der Waals surface area contributed by atoms with Crippen molar-refractivity contribution in [3.63, 3.8) is 0 Å². The molecule has 1 aromatic heterocycles. The number of halogens is 4. The number of imidazole rings is 1. The Labute approximate surface area is 174 Å². The number of rotatable bonds is 5. The highest BCUT2D eigenvalue weighted by Gasteiger charge is 2.30. The SMILES string of the molecule is O=S(=O)(CF)Nc1ccccc1-c1ccc2nc(-c3ccc(C(F)(F)F)cc3)[nH]c2c1. The lowest BCUT2D eigenvalue weighted by Crippen LogP contribution is -2.14. The second kappa shape index (κ2) is 7.69. The first kappa shape index (κ1) is 20.9. The Balaban J connectivity index is 1.71. The van der Waals surface area contributed by atoms with Crippen molar-refractivity contribution in [2.24, 2.45) is 0 Å². The predicted octanol–water partition coefficient (Wildman–Crippen LogP) is 5.58. The molecule has 0 aliphatic carbocycles. The fourth-order valence-corrected chi connectivity index (χ4v) is 3.72. The number of hydrogen-bond acceptors (Lipinski definition) is 3. The number of sulfonamides is 1. The van der Waals surface area contributed by atoms with E-state index in [4.69, 9.17) is 0 Å². The van der Waals surface area contributed by atoms with Gasteiger partial charge in [0.05, 0.1) is 22.3 Å². The number of alkyl halides is 4. The summed E-state index contributed by atoms with van der Waals surface area (Å²) >= 11 is 0. The lowest BCUT2D eigenvalue weighted by atomic mass is 10.0. The van der Waals surface area contributed by atoms with Crippen LogP contribution < -0.4 is 4.72 Å². The summed E-state index contributed by atoms with van der Waals surface area (Å²) in [6, 6.07) is 14.8. The summed E-state index contributed by atoms with van der Waals surface area (Å²) < 4.78 is 76.5. The van der Waals surface area contributed by atoms with Gasteiger partial charge in [-0.15, -0.1) is 0 Å². The van der Waals surface area contributed by atoms with Gasteiger partial charge >= 0.3 is 6.18 Å². The van der Waals surface area contributed by atoms with Crippen molar-refractivity contribution >= 4 is 26.7 Å². The highest BCUT2D eigenvalue weighted by atomic mass is 32.2. The molecule has 160 valence electrons. The van der Waals surface area contributed by atoms with Crippen LogP contribution in [0, 0.1) is 0 Å². The van der Waals surface area contributed by atoms with Crippen LogP contribution in [0.5, 0.6) is 0 Å². The minimum absolute atomic E-state index is 0.224. The third-order valence-corrected chi connectivity index (χ3v) is 5.43. The van der Waals surface area contributed by atoms with Crippen LogP contribution in [0.15, 0.2) is 66.7 Å². The molecule has 0 radical (unpaired) electrons. The average molecular weight is 449 g/mol. The number of benzene rings is 3. The molecule has 0 saturated carbocycles. The fourth-order valence-electron chi connectivity index (χ4n) is 3.15. The number of H-pyrrole nitrogens is 1. The molecule has 0 spiro atoms. The zero-order valence-electron chi connectivity index (χ0n) is 15.7. The van der Waals surface area contributed by atoms with Crippen molar-refractivity contribution in [3.8, 4) is 22.5 Å². The Morgan fingerprint density at radius 1 is 0.935 bits per heavy atom. The smallest absolute Gasteiger partial charge is 0.338 e. The summed E-state index contributed by atoms with van der Waals surface area (Å²) in [5.41, 5.74) is 2.33. The maximum absolute atomic E-state index is 12.8. The summed E-state index contributed by atoms with van der Waals surface area (Å²) in [5, 5.41) is 0. The first-order valence-corrected chi connectivity index (χ1v) is 10.6. The van der Waals surface area contributed by atoms with Crippen molar-refractivity contribution in [2.45, 2.75) is 6.18 Å². The number of anilines is 1. The van der Waals surface area contributed by atoms with Gasteiger partial charge in [0, 0.05) is 11.1 Å². The Kier molecular flexibility index (Phi) is 5.18. The van der Waals surface area contributed by atoms with Crippen LogP contribution in [-0.2, 0) is 16.2 Å². The van der Waals surface area contributed by atoms with Crippen LogP contribution in [0.3, 0.4) is 0 Å². The summed E-state index contributed by atoms with van der Waals surface area (Å²) in [6.07, 6.45) is -4.42. The summed E-state index contributed by atoms with van der Waals surface area (Å²) in [4.78, 5) is 7.47. The Morgan fingerprint density at radius 2 is 1.61 bits per heavy atom. The van der Waals surface area contributed by atoms with Gasteiger partial charge in [-0.1, -0.05) is 36.4 Å². The largest absolute Gasteiger partial charge is 0.416 e. The number of fused-ring (bicyclic) bond motifs is 1. The van der Waals surface area contributed by atoms with Crippen LogP contribution in [0.1, 0.15) is 5.56 Å². The van der Waals surface area contributed by atoms with E-state index in [-0.39, 0.29) is 5.69 Å². The second-order valence-electron chi connectivity index (χ2n) is 6.76. The van der Waals surface area contributed by atoms with Crippen LogP contribution in [0.25, 0.3) is 33.5 Å². The quantitative estimate of drug-likeness (QED) is 0.391. The highest BCUT2D eigenvalue weighted by molar-refractivity contribution is 7.92. The fraction of sp³-hybridized carbons (Fsp3) is 0.0952. The summed E-state index contributed by atoms with van der Waals surface area (Å²) in [7, 11) is -4.11. The number of hydrogen-bond donors (Lipinski definition) is 2. The Morgan fingerprint density at radius 3 is 2.29 bits per heavy atom. The zero-order valence-corrected chi connectivity index (χ0v) is 16.6. The van der Waals surface area contributed by atoms with E-state index in [1.54, 1.807) is 36.4 Å². The number of aromatic nitrogens is 2. The topological polar surface area (TPSA) is 74.8 Å². The number of aromatic amines is 1. The molecule has 0 aliphatic heterocycles. The standard InChI is InChI=1S/C21H15F4N3O2S/c22-12-31(29,30)28-17-4-2-1-3-16(17)14-7-10-18-19(11-14)27-20(26-18)13-5-8-15(9-6-13)21(23,24)25/h1-11,28H,12H2,(H,26,27). The van der Waals surface area contributed by atoms with Crippen molar-refractivity contribution in [3.05, 3.63) is 72.3 Å². The van der Waals surface area contributed by atoms with E-state index in [0.717, 1.165) is 12.1 Å². The van der Waals surface area contributed by atoms with Gasteiger partial charge < -0.3 is 4.98 Å². The third-order valence-electron chi connectivity index (χ3n) is 4.61. The van der Waals surface area contributed by atoms with Crippen molar-refractivity contribution < 1.29 is 26.0 Å². The van der Waals surface area contributed by atoms with Gasteiger partial charge in [0.15, 0.2) is 0 Å². The van der Waals surface area contributed by atoms with Gasteiger partial charge in [0.1, 0.15) is 5.82 Å². The molecule has 31 heavy (non-hydrogen) atoms. The molecule has 4 aromatic rings. The zero-order chi connectivity index (χ0) is 22.2. The Hall–Kier alpha value is -3.40. The monoisotopic (exact) mass is 449 g/mol. The van der Waals surface area contributed by atoms with Crippen LogP contribution in [0.2, 0.25) is 0 Å². The van der Waals surface area contributed by atoms with Gasteiger partial charge in [0.2, 0.25) is 6.01 Å². The molecule has 10 heteroatoms. The highest BCUT2D eigenvalue weighted by Crippen LogP contribution is 2.33. The van der Waals surface area contributed by atoms with Crippen LogP contribution >= 0.6 is 0 Å². The third kappa shape index (κ3) is 4.38. The number of nitrogens with zero attached hydrogens (tertiary/aromatic N) is 1. The molecule has 0 unspecified atom stereocenters. The van der Waals surface area contributed by atoms with Gasteiger partial charge in [-0.2, -0.15) is 13.2 Å². The first-order chi connectivity index (χ1) is 14.7. The molecule has 3 aromatic carbocycles. The molecule has 4 rings (SSSR count). The lowest BCUT2D eigenvalue weighted by molar-refractivity contribution is -0.137. The van der Waals surface area contributed by atoms with Gasteiger partial charge in [-0.05, 0) is 35.9 Å². The maximum atomic E-state index is 12.8. The molecule has 1 heterocycles. The summed E-state index contributed by atoms with van der Waals surface area (Å²) in [5.74, 6) is 0.396. The number of nitrogens with one attached hydrogen (secondary N) is 2. The summed E-state index contributed by atoms with van der Waals surface area (Å²) in [6.45, 7) is 0. The number of para-hydroxylation sites is 1. The molecule has 0 fully saturated rings. The van der Waals surface area contributed by atoms with Crippen molar-refractivity contribution in [1.29, 1.82) is 0 Å². The molecular formula is C21H15F4N3O2S. The van der Waals surface area contributed by atoms with E-state index in [2.05, 4.69) is 14.7 Å². The first-order valence-electron chi connectivity index (χ1n) is 8.99. The Bertz CT molecular complexity index is 1350. The average Bonchev–Trinajstić information content (AvgIpc) is 3.17. The molecular weight excluding hydrogens is 434 g/mol. The molecule has 0 saturated heterocycles. The van der Waals surface area contributed by atoms with E-state index < -0.39 is 27.8 Å². The molecule has 0 aliphatic rings. The molecule has 2 N–H and O–H groups in total. The molecule has 5 nitrogen and oxygen atoms in total. The predicted molar refractivity (Wildman–Crippen MR) is 110 cm³/mol. The van der Waals surface area contributed by atoms with Gasteiger partial charge in [-0.3, -0.25) is 4.72 Å². The molecule has 0 atom stereocenters. The lowest BCUT2D eigenvalue weighted by Gasteiger charge is -2.11. The van der Waals surface area contributed by atoms with E-state index >= 15 is 0 Å². The normalized spacial score (nSPS) is 12.3. The van der Waals surface area contributed by atoms with Gasteiger partial charge in [-0.25, -0.2) is 17.8 Å². The van der Waals surface area contributed by atoms with Crippen LogP contribution in [0.4, 0.5) is 23.2 Å². The molecule has 0 amide bonds. The van der Waals surface area contributed by atoms with E-state index in [1.807, 2.05) is 0 Å². The minimum atomic E-state index is -4.42. The minimum Gasteiger partial charge on any atom is -0.338 e. The van der Waals surface area contributed by atoms with E-state index in [0.29, 0.717) is 33.5 Å².